The summed E-state index contributed by atoms with van der Waals surface area (Å²) in [5, 5.41) is 6.73. The van der Waals surface area contributed by atoms with Gasteiger partial charge in [0.2, 0.25) is 0 Å². The third-order valence-corrected chi connectivity index (χ3v) is 4.49. The predicted molar refractivity (Wildman–Crippen MR) is 91.5 cm³/mol. The summed E-state index contributed by atoms with van der Waals surface area (Å²) in [6, 6.07) is 1.69. The summed E-state index contributed by atoms with van der Waals surface area (Å²) in [6.07, 6.45) is 8.99. The van der Waals surface area contributed by atoms with Crippen molar-refractivity contribution < 1.29 is 9.32 Å². The van der Waals surface area contributed by atoms with E-state index in [2.05, 4.69) is 17.1 Å². The minimum atomic E-state index is -0.0781. The van der Waals surface area contributed by atoms with E-state index in [1.54, 1.807) is 30.5 Å². The largest absolute Gasteiger partial charge is 0.361 e. The molecule has 2 heterocycles. The van der Waals surface area contributed by atoms with E-state index in [9.17, 15) is 4.79 Å². The molecule has 0 bridgehead atoms. The maximum absolute atomic E-state index is 12.6. The van der Waals surface area contributed by atoms with Gasteiger partial charge in [-0.3, -0.25) is 4.79 Å². The average Bonchev–Trinajstić information content (AvgIpc) is 3.20. The molecule has 0 aliphatic rings. The Kier molecular flexibility index (Phi) is 7.26. The Labute approximate surface area is 141 Å². The van der Waals surface area contributed by atoms with Crippen molar-refractivity contribution in [2.24, 2.45) is 0 Å². The Hall–Kier alpha value is -1.69. The summed E-state index contributed by atoms with van der Waals surface area (Å²) in [4.78, 5) is 18.7. The molecule has 0 aromatic carbocycles. The smallest absolute Gasteiger partial charge is 0.276 e. The van der Waals surface area contributed by atoms with E-state index in [4.69, 9.17) is 4.52 Å². The third kappa shape index (κ3) is 5.78. The zero-order valence-corrected chi connectivity index (χ0v) is 14.8. The van der Waals surface area contributed by atoms with Gasteiger partial charge in [0.05, 0.1) is 6.54 Å². The van der Waals surface area contributed by atoms with Gasteiger partial charge >= 0.3 is 0 Å². The van der Waals surface area contributed by atoms with E-state index in [0.717, 1.165) is 24.4 Å². The number of carbonyl (C=O) groups excluding carboxylic acids is 1. The van der Waals surface area contributed by atoms with Crippen molar-refractivity contribution in [1.29, 1.82) is 0 Å². The van der Waals surface area contributed by atoms with Gasteiger partial charge in [-0.15, -0.1) is 11.3 Å². The molecule has 0 unspecified atom stereocenters. The lowest BCUT2D eigenvalue weighted by molar-refractivity contribution is 0.0729. The van der Waals surface area contributed by atoms with Gasteiger partial charge in [0.25, 0.3) is 5.91 Å². The number of hydrogen-bond acceptors (Lipinski definition) is 5. The number of hydrogen-bond donors (Lipinski definition) is 0. The highest BCUT2D eigenvalue weighted by Gasteiger charge is 2.20. The second kappa shape index (κ2) is 9.45. The quantitative estimate of drug-likeness (QED) is 0.602. The summed E-state index contributed by atoms with van der Waals surface area (Å²) in [7, 11) is 0. The Morgan fingerprint density at radius 3 is 2.70 bits per heavy atom. The lowest BCUT2D eigenvalue weighted by Crippen LogP contribution is -2.31. The van der Waals surface area contributed by atoms with Gasteiger partial charge in [-0.25, -0.2) is 4.98 Å². The van der Waals surface area contributed by atoms with Crippen LogP contribution < -0.4 is 0 Å². The van der Waals surface area contributed by atoms with Crippen LogP contribution in [0.25, 0.3) is 0 Å². The van der Waals surface area contributed by atoms with Gasteiger partial charge in [0, 0.05) is 24.2 Å². The van der Waals surface area contributed by atoms with Crippen LogP contribution in [0.5, 0.6) is 0 Å². The molecule has 5 nitrogen and oxygen atoms in total. The van der Waals surface area contributed by atoms with Crippen LogP contribution in [-0.4, -0.2) is 27.5 Å². The van der Waals surface area contributed by atoms with Crippen LogP contribution in [0.3, 0.4) is 0 Å². The molecule has 0 saturated carbocycles. The molecule has 126 valence electrons. The van der Waals surface area contributed by atoms with Crippen LogP contribution in [-0.2, 0) is 6.54 Å². The summed E-state index contributed by atoms with van der Waals surface area (Å²) in [6.45, 7) is 5.28. The SMILES string of the molecule is CCCCCCCCN(Cc1nccs1)C(=O)c1cc(C)on1. The molecule has 0 radical (unpaired) electrons. The Morgan fingerprint density at radius 1 is 1.26 bits per heavy atom. The number of rotatable bonds is 10. The van der Waals surface area contributed by atoms with Crippen LogP contribution in [0, 0.1) is 6.92 Å². The monoisotopic (exact) mass is 335 g/mol. The number of nitrogens with zero attached hydrogens (tertiary/aromatic N) is 3. The Balaban J connectivity index is 1.90. The first kappa shape index (κ1) is 17.7. The molecule has 6 heteroatoms. The first-order valence-electron chi connectivity index (χ1n) is 8.31. The van der Waals surface area contributed by atoms with Crippen molar-refractivity contribution in [3.63, 3.8) is 0 Å². The van der Waals surface area contributed by atoms with Crippen LogP contribution in [0.2, 0.25) is 0 Å². The molecule has 1 amide bonds. The van der Waals surface area contributed by atoms with Crippen molar-refractivity contribution >= 4 is 17.2 Å². The topological polar surface area (TPSA) is 59.2 Å². The standard InChI is InChI=1S/C17H25N3O2S/c1-3-4-5-6-7-8-10-20(13-16-18-9-11-23-16)17(21)15-12-14(2)22-19-15/h9,11-12H,3-8,10,13H2,1-2H3. The molecule has 2 rings (SSSR count). The van der Waals surface area contributed by atoms with Gasteiger partial charge < -0.3 is 9.42 Å². The zero-order chi connectivity index (χ0) is 16.5. The molecule has 0 atom stereocenters. The highest BCUT2D eigenvalue weighted by Crippen LogP contribution is 2.14. The molecule has 0 saturated heterocycles. The van der Waals surface area contributed by atoms with E-state index in [-0.39, 0.29) is 5.91 Å². The first-order chi connectivity index (χ1) is 11.2. The number of aromatic nitrogens is 2. The Bertz CT molecular complexity index is 580. The summed E-state index contributed by atoms with van der Waals surface area (Å²) in [5.74, 6) is 0.577. The minimum Gasteiger partial charge on any atom is -0.361 e. The fraction of sp³-hybridized carbons (Fsp3) is 0.588. The van der Waals surface area contributed by atoms with Crippen molar-refractivity contribution in [3.8, 4) is 0 Å². The first-order valence-corrected chi connectivity index (χ1v) is 9.19. The van der Waals surface area contributed by atoms with Crippen LogP contribution in [0.4, 0.5) is 0 Å². The van der Waals surface area contributed by atoms with E-state index >= 15 is 0 Å². The predicted octanol–water partition coefficient (Wildman–Crippen LogP) is 4.44. The molecule has 0 fully saturated rings. The zero-order valence-electron chi connectivity index (χ0n) is 14.0. The number of thiazole rings is 1. The lowest BCUT2D eigenvalue weighted by atomic mass is 10.1. The molecular weight excluding hydrogens is 310 g/mol. The summed E-state index contributed by atoms with van der Waals surface area (Å²) < 4.78 is 5.03. The average molecular weight is 335 g/mol. The number of unbranched alkanes of at least 4 members (excludes halogenated alkanes) is 5. The second-order valence-corrected chi connectivity index (χ2v) is 6.72. The number of aryl methyl sites for hydroxylation is 1. The van der Waals surface area contributed by atoms with E-state index in [1.807, 2.05) is 10.3 Å². The third-order valence-electron chi connectivity index (χ3n) is 3.73. The van der Waals surface area contributed by atoms with Gasteiger partial charge in [-0.05, 0) is 13.3 Å². The van der Waals surface area contributed by atoms with Crippen molar-refractivity contribution in [3.05, 3.63) is 34.1 Å². The highest BCUT2D eigenvalue weighted by atomic mass is 32.1. The molecule has 2 aromatic rings. The maximum atomic E-state index is 12.6. The van der Waals surface area contributed by atoms with Crippen LogP contribution in [0.1, 0.15) is 66.7 Å². The highest BCUT2D eigenvalue weighted by molar-refractivity contribution is 7.09. The van der Waals surface area contributed by atoms with Crippen LogP contribution >= 0.6 is 11.3 Å². The number of amides is 1. The minimum absolute atomic E-state index is 0.0781. The normalized spacial score (nSPS) is 10.9. The summed E-state index contributed by atoms with van der Waals surface area (Å²) >= 11 is 1.57. The van der Waals surface area contributed by atoms with Crippen molar-refractivity contribution in [1.82, 2.24) is 15.0 Å². The van der Waals surface area contributed by atoms with E-state index < -0.39 is 0 Å². The fourth-order valence-corrected chi connectivity index (χ4v) is 3.09. The molecule has 0 spiro atoms. The van der Waals surface area contributed by atoms with Gasteiger partial charge in [0.1, 0.15) is 10.8 Å². The molecule has 0 N–H and O–H groups in total. The van der Waals surface area contributed by atoms with Gasteiger partial charge in [-0.1, -0.05) is 44.2 Å². The molecular formula is C17H25N3O2S. The molecule has 0 aliphatic heterocycles. The van der Waals surface area contributed by atoms with E-state index in [0.29, 0.717) is 18.0 Å². The lowest BCUT2D eigenvalue weighted by Gasteiger charge is -2.20. The summed E-state index contributed by atoms with van der Waals surface area (Å²) in [5.41, 5.74) is 0.380. The fourth-order valence-electron chi connectivity index (χ4n) is 2.46. The second-order valence-electron chi connectivity index (χ2n) is 5.74. The molecule has 2 aromatic heterocycles. The van der Waals surface area contributed by atoms with Crippen molar-refractivity contribution in [2.75, 3.05) is 6.54 Å². The van der Waals surface area contributed by atoms with Gasteiger partial charge in [0.15, 0.2) is 5.69 Å². The van der Waals surface area contributed by atoms with E-state index in [1.165, 1.54) is 25.7 Å². The maximum Gasteiger partial charge on any atom is 0.276 e. The molecule has 0 aliphatic carbocycles. The molecule has 23 heavy (non-hydrogen) atoms. The van der Waals surface area contributed by atoms with Crippen LogP contribution in [0.15, 0.2) is 22.2 Å². The number of carbonyl (C=O) groups is 1. The Morgan fingerprint density at radius 2 is 2.04 bits per heavy atom. The van der Waals surface area contributed by atoms with Gasteiger partial charge in [-0.2, -0.15) is 0 Å². The van der Waals surface area contributed by atoms with Crippen molar-refractivity contribution in [2.45, 2.75) is 58.9 Å².